The Hall–Kier alpha value is -0.0800. The summed E-state index contributed by atoms with van der Waals surface area (Å²) in [7, 11) is 6.71. The molecule has 0 saturated carbocycles. The first-order valence-electron chi connectivity index (χ1n) is 3.99. The van der Waals surface area contributed by atoms with Crippen molar-refractivity contribution in [3.05, 3.63) is 0 Å². The van der Waals surface area contributed by atoms with E-state index in [0.29, 0.717) is 6.04 Å². The van der Waals surface area contributed by atoms with Gasteiger partial charge in [0.2, 0.25) is 0 Å². The fraction of sp³-hybridized carbons (Fsp3) is 1.00. The lowest BCUT2D eigenvalue weighted by molar-refractivity contribution is -0.898. The smallest absolute Gasteiger partial charge is 0.112 e. The Labute approximate surface area is 63.4 Å². The van der Waals surface area contributed by atoms with Crippen LogP contribution in [0.1, 0.15) is 12.8 Å². The summed E-state index contributed by atoms with van der Waals surface area (Å²) in [5.74, 6) is 0. The zero-order valence-corrected chi connectivity index (χ0v) is 7.26. The van der Waals surface area contributed by atoms with Gasteiger partial charge in [-0.3, -0.25) is 0 Å². The molecule has 1 aliphatic heterocycles. The number of quaternary nitrogens is 1. The van der Waals surface area contributed by atoms with Gasteiger partial charge in [-0.05, 0) is 6.42 Å². The highest BCUT2D eigenvalue weighted by Gasteiger charge is 2.25. The highest BCUT2D eigenvalue weighted by atomic mass is 16.5. The molecule has 0 aromatic heterocycles. The molecule has 1 rings (SSSR count). The van der Waals surface area contributed by atoms with E-state index in [1.165, 1.54) is 12.8 Å². The molecule has 0 aliphatic carbocycles. The number of hydrogen-bond donors (Lipinski definition) is 0. The predicted molar refractivity (Wildman–Crippen MR) is 41.9 cm³/mol. The van der Waals surface area contributed by atoms with E-state index in [-0.39, 0.29) is 0 Å². The average Bonchev–Trinajstić information content (AvgIpc) is 1.88. The van der Waals surface area contributed by atoms with Gasteiger partial charge < -0.3 is 9.22 Å². The van der Waals surface area contributed by atoms with E-state index in [1.54, 1.807) is 0 Å². The van der Waals surface area contributed by atoms with Crippen LogP contribution in [0.4, 0.5) is 0 Å². The summed E-state index contributed by atoms with van der Waals surface area (Å²) >= 11 is 0. The zero-order valence-electron chi connectivity index (χ0n) is 7.26. The maximum Gasteiger partial charge on any atom is 0.112 e. The average molecular weight is 144 g/mol. The summed E-state index contributed by atoms with van der Waals surface area (Å²) in [4.78, 5) is 0. The molecule has 0 radical (unpaired) electrons. The van der Waals surface area contributed by atoms with E-state index in [9.17, 15) is 0 Å². The van der Waals surface area contributed by atoms with E-state index < -0.39 is 0 Å². The van der Waals surface area contributed by atoms with Crippen molar-refractivity contribution in [2.45, 2.75) is 18.9 Å². The molecule has 60 valence electrons. The molecule has 10 heavy (non-hydrogen) atoms. The van der Waals surface area contributed by atoms with Gasteiger partial charge in [-0.1, -0.05) is 0 Å². The first-order chi connectivity index (χ1) is 4.61. The maximum absolute atomic E-state index is 5.39. The SMILES string of the molecule is C[N+](C)(C)C1CCCOC1. The topological polar surface area (TPSA) is 9.23 Å². The van der Waals surface area contributed by atoms with Crippen LogP contribution in [0.5, 0.6) is 0 Å². The van der Waals surface area contributed by atoms with Crippen molar-refractivity contribution >= 4 is 0 Å². The minimum Gasteiger partial charge on any atom is -0.375 e. The third-order valence-corrected chi connectivity index (χ3v) is 2.23. The van der Waals surface area contributed by atoms with E-state index >= 15 is 0 Å². The number of likely N-dealkylation sites (N-methyl/N-ethyl adjacent to an activating group) is 1. The Morgan fingerprint density at radius 1 is 1.30 bits per heavy atom. The highest BCUT2D eigenvalue weighted by molar-refractivity contribution is 4.61. The summed E-state index contributed by atoms with van der Waals surface area (Å²) in [5.41, 5.74) is 0. The van der Waals surface area contributed by atoms with Gasteiger partial charge in [-0.2, -0.15) is 0 Å². The van der Waals surface area contributed by atoms with Crippen molar-refractivity contribution < 1.29 is 9.22 Å². The van der Waals surface area contributed by atoms with E-state index in [1.807, 2.05) is 0 Å². The predicted octanol–water partition coefficient (Wildman–Crippen LogP) is 0.872. The van der Waals surface area contributed by atoms with Gasteiger partial charge in [-0.25, -0.2) is 0 Å². The summed E-state index contributed by atoms with van der Waals surface area (Å²) in [6, 6.07) is 0.716. The van der Waals surface area contributed by atoms with Crippen LogP contribution in [0, 0.1) is 0 Å². The van der Waals surface area contributed by atoms with Gasteiger partial charge in [0.05, 0.1) is 27.7 Å². The first-order valence-corrected chi connectivity index (χ1v) is 3.99. The van der Waals surface area contributed by atoms with Crippen molar-refractivity contribution in [3.8, 4) is 0 Å². The Kier molecular flexibility index (Phi) is 2.32. The molecule has 1 aliphatic rings. The minimum absolute atomic E-state index is 0.716. The summed E-state index contributed by atoms with van der Waals surface area (Å²) in [5, 5.41) is 0. The van der Waals surface area contributed by atoms with Gasteiger partial charge in [0, 0.05) is 13.0 Å². The Bertz CT molecular complexity index is 100. The van der Waals surface area contributed by atoms with Crippen LogP contribution in [0.3, 0.4) is 0 Å². The molecule has 1 heterocycles. The number of ether oxygens (including phenoxy) is 1. The van der Waals surface area contributed by atoms with Crippen molar-refractivity contribution in [2.24, 2.45) is 0 Å². The van der Waals surface area contributed by atoms with Crippen LogP contribution >= 0.6 is 0 Å². The van der Waals surface area contributed by atoms with Crippen LogP contribution in [-0.4, -0.2) is 44.9 Å². The highest BCUT2D eigenvalue weighted by Crippen LogP contribution is 2.14. The van der Waals surface area contributed by atoms with Gasteiger partial charge in [-0.15, -0.1) is 0 Å². The molecule has 1 unspecified atom stereocenters. The molecular formula is C8H18NO+. The molecular weight excluding hydrogens is 126 g/mol. The van der Waals surface area contributed by atoms with Gasteiger partial charge in [0.1, 0.15) is 6.04 Å². The largest absolute Gasteiger partial charge is 0.375 e. The second-order valence-corrected chi connectivity index (χ2v) is 3.99. The molecule has 0 aromatic rings. The third kappa shape index (κ3) is 1.96. The van der Waals surface area contributed by atoms with Crippen LogP contribution in [0.2, 0.25) is 0 Å². The van der Waals surface area contributed by atoms with Gasteiger partial charge >= 0.3 is 0 Å². The summed E-state index contributed by atoms with van der Waals surface area (Å²) in [6.07, 6.45) is 2.56. The second-order valence-electron chi connectivity index (χ2n) is 3.99. The monoisotopic (exact) mass is 144 g/mol. The summed E-state index contributed by atoms with van der Waals surface area (Å²) < 4.78 is 6.43. The van der Waals surface area contributed by atoms with Crippen LogP contribution in [-0.2, 0) is 4.74 Å². The molecule has 1 saturated heterocycles. The number of hydrogen-bond acceptors (Lipinski definition) is 1. The standard InChI is InChI=1S/C8H18NO/c1-9(2,3)8-5-4-6-10-7-8/h8H,4-7H2,1-3H3/q+1. The molecule has 0 aromatic carbocycles. The molecule has 0 amide bonds. The van der Waals surface area contributed by atoms with E-state index in [2.05, 4.69) is 21.1 Å². The van der Waals surface area contributed by atoms with Crippen LogP contribution < -0.4 is 0 Å². The normalized spacial score (nSPS) is 28.5. The lowest BCUT2D eigenvalue weighted by atomic mass is 10.1. The van der Waals surface area contributed by atoms with E-state index in [4.69, 9.17) is 4.74 Å². The van der Waals surface area contributed by atoms with Crippen molar-refractivity contribution in [1.82, 2.24) is 0 Å². The third-order valence-electron chi connectivity index (χ3n) is 2.23. The molecule has 1 atom stereocenters. The molecule has 2 nitrogen and oxygen atoms in total. The van der Waals surface area contributed by atoms with Crippen molar-refractivity contribution in [2.75, 3.05) is 34.4 Å². The van der Waals surface area contributed by atoms with Gasteiger partial charge in [0.25, 0.3) is 0 Å². The number of nitrogens with zero attached hydrogens (tertiary/aromatic N) is 1. The van der Waals surface area contributed by atoms with Crippen LogP contribution in [0.15, 0.2) is 0 Å². The van der Waals surface area contributed by atoms with Crippen LogP contribution in [0.25, 0.3) is 0 Å². The summed E-state index contributed by atoms with van der Waals surface area (Å²) in [6.45, 7) is 1.92. The van der Waals surface area contributed by atoms with E-state index in [0.717, 1.165) is 17.7 Å². The number of rotatable bonds is 1. The molecule has 0 bridgehead atoms. The fourth-order valence-corrected chi connectivity index (χ4v) is 1.33. The van der Waals surface area contributed by atoms with Gasteiger partial charge in [0.15, 0.2) is 0 Å². The van der Waals surface area contributed by atoms with Crippen molar-refractivity contribution in [3.63, 3.8) is 0 Å². The lowest BCUT2D eigenvalue weighted by Crippen LogP contribution is -2.49. The molecule has 1 fully saturated rings. The molecule has 2 heteroatoms. The van der Waals surface area contributed by atoms with Crippen molar-refractivity contribution in [1.29, 1.82) is 0 Å². The Morgan fingerprint density at radius 3 is 2.30 bits per heavy atom. The first kappa shape index (κ1) is 8.02. The minimum atomic E-state index is 0.716. The lowest BCUT2D eigenvalue weighted by Gasteiger charge is -2.36. The fourth-order valence-electron chi connectivity index (χ4n) is 1.33. The maximum atomic E-state index is 5.39. The zero-order chi connectivity index (χ0) is 7.61. The second kappa shape index (κ2) is 2.89. The quantitative estimate of drug-likeness (QED) is 0.496. The Morgan fingerprint density at radius 2 is 2.00 bits per heavy atom. The molecule has 0 spiro atoms. The Balaban J connectivity index is 2.39. The molecule has 0 N–H and O–H groups in total.